The second-order valence-electron chi connectivity index (χ2n) is 8.24. The van der Waals surface area contributed by atoms with Crippen LogP contribution in [0.1, 0.15) is 47.4 Å². The Morgan fingerprint density at radius 1 is 0.938 bits per heavy atom. The topological polar surface area (TPSA) is 113 Å². The number of carboxylic acid groups (broad SMARTS) is 2. The molecule has 2 aromatic carbocycles. The zero-order valence-corrected chi connectivity index (χ0v) is 18.1. The third kappa shape index (κ3) is 6.00. The van der Waals surface area contributed by atoms with Crippen molar-refractivity contribution in [2.75, 3.05) is 13.2 Å². The average Bonchev–Trinajstić information content (AvgIpc) is 3.15. The molecule has 0 spiro atoms. The highest BCUT2D eigenvalue weighted by atomic mass is 16.5. The van der Waals surface area contributed by atoms with Crippen LogP contribution in [-0.2, 0) is 4.79 Å². The molecule has 32 heavy (non-hydrogen) atoms. The Labute approximate surface area is 186 Å². The number of carbonyl (C=O) groups excluding carboxylic acids is 1. The van der Waals surface area contributed by atoms with Crippen LogP contribution in [0.15, 0.2) is 48.5 Å². The fourth-order valence-corrected chi connectivity index (χ4v) is 3.64. The summed E-state index contributed by atoms with van der Waals surface area (Å²) in [6.45, 7) is 4.65. The number of rotatable bonds is 9. The average molecular weight is 441 g/mol. The van der Waals surface area contributed by atoms with Crippen molar-refractivity contribution in [2.24, 2.45) is 5.92 Å². The minimum Gasteiger partial charge on any atom is -0.491 e. The molecule has 1 aliphatic rings. The van der Waals surface area contributed by atoms with Gasteiger partial charge in [0.1, 0.15) is 24.2 Å². The number of aromatic carboxylic acids is 2. The van der Waals surface area contributed by atoms with Crippen molar-refractivity contribution in [3.63, 3.8) is 0 Å². The molecule has 0 radical (unpaired) electrons. The lowest BCUT2D eigenvalue weighted by Gasteiger charge is -2.25. The van der Waals surface area contributed by atoms with Crippen LogP contribution >= 0.6 is 0 Å². The molecule has 3 rings (SSSR count). The molecule has 0 bridgehead atoms. The van der Waals surface area contributed by atoms with Gasteiger partial charge < -0.3 is 24.6 Å². The van der Waals surface area contributed by atoms with Gasteiger partial charge in [-0.2, -0.15) is 0 Å². The smallest absolute Gasteiger partial charge is 0.335 e. The zero-order chi connectivity index (χ0) is 23.3. The van der Waals surface area contributed by atoms with Crippen LogP contribution in [0.3, 0.4) is 0 Å². The monoisotopic (exact) mass is 441 g/mol. The van der Waals surface area contributed by atoms with Crippen molar-refractivity contribution in [2.45, 2.75) is 38.8 Å². The van der Waals surface area contributed by atoms with Crippen LogP contribution in [0.5, 0.6) is 11.5 Å². The molecule has 8 heteroatoms. The van der Waals surface area contributed by atoms with Crippen molar-refractivity contribution >= 4 is 17.8 Å². The predicted octanol–water partition coefficient (Wildman–Crippen LogP) is 3.56. The number of amides is 1. The van der Waals surface area contributed by atoms with Gasteiger partial charge in [-0.15, -0.1) is 0 Å². The van der Waals surface area contributed by atoms with Crippen LogP contribution in [0.25, 0.3) is 0 Å². The first-order valence-corrected chi connectivity index (χ1v) is 10.5. The molecule has 2 atom stereocenters. The minimum atomic E-state index is -1.01. The summed E-state index contributed by atoms with van der Waals surface area (Å²) in [6, 6.07) is 12.1. The lowest BCUT2D eigenvalue weighted by atomic mass is 10.1. The molecule has 1 aliphatic heterocycles. The van der Waals surface area contributed by atoms with Crippen LogP contribution < -0.4 is 9.47 Å². The number of likely N-dealkylation sites (tertiary alicyclic amines) is 1. The lowest BCUT2D eigenvalue weighted by molar-refractivity contribution is -0.133. The molecule has 1 heterocycles. The first-order valence-electron chi connectivity index (χ1n) is 10.5. The molecular formula is C24H27NO7. The maximum atomic E-state index is 12.8. The summed E-state index contributed by atoms with van der Waals surface area (Å²) < 4.78 is 11.9. The number of hydrogen-bond donors (Lipinski definition) is 2. The molecule has 1 saturated heterocycles. The van der Waals surface area contributed by atoms with Crippen LogP contribution in [0.2, 0.25) is 0 Å². The Balaban J connectivity index is 1.66. The van der Waals surface area contributed by atoms with Gasteiger partial charge in [-0.1, -0.05) is 13.8 Å². The molecule has 0 aliphatic carbocycles. The molecule has 0 aromatic heterocycles. The van der Waals surface area contributed by atoms with E-state index in [4.69, 9.17) is 19.7 Å². The largest absolute Gasteiger partial charge is 0.491 e. The van der Waals surface area contributed by atoms with Crippen LogP contribution in [0.4, 0.5) is 0 Å². The summed E-state index contributed by atoms with van der Waals surface area (Å²) in [5.74, 6) is -0.689. The Kier molecular flexibility index (Phi) is 7.35. The highest BCUT2D eigenvalue weighted by molar-refractivity contribution is 5.88. The van der Waals surface area contributed by atoms with Gasteiger partial charge in [-0.05, 0) is 54.4 Å². The maximum absolute atomic E-state index is 12.8. The van der Waals surface area contributed by atoms with Crippen LogP contribution in [-0.4, -0.2) is 58.3 Å². The number of hydrogen-bond acceptors (Lipinski definition) is 5. The number of ether oxygens (including phenoxy) is 2. The Hall–Kier alpha value is -3.55. The van der Waals surface area contributed by atoms with E-state index in [0.29, 0.717) is 30.9 Å². The van der Waals surface area contributed by atoms with Gasteiger partial charge >= 0.3 is 11.9 Å². The Morgan fingerprint density at radius 2 is 1.47 bits per heavy atom. The Bertz CT molecular complexity index is 953. The zero-order valence-electron chi connectivity index (χ0n) is 18.1. The molecule has 1 fully saturated rings. The van der Waals surface area contributed by atoms with E-state index in [-0.39, 0.29) is 41.7 Å². The van der Waals surface area contributed by atoms with Crippen molar-refractivity contribution in [3.8, 4) is 11.5 Å². The van der Waals surface area contributed by atoms with Gasteiger partial charge in [0, 0.05) is 12.8 Å². The summed E-state index contributed by atoms with van der Waals surface area (Å²) in [5.41, 5.74) is 0.354. The third-order valence-electron chi connectivity index (χ3n) is 5.23. The van der Waals surface area contributed by atoms with Gasteiger partial charge in [0.25, 0.3) is 0 Å². The second kappa shape index (κ2) is 10.2. The first kappa shape index (κ1) is 23.1. The van der Waals surface area contributed by atoms with Crippen molar-refractivity contribution in [1.82, 2.24) is 4.90 Å². The number of carbonyl (C=O) groups is 3. The standard InChI is InChI=1S/C24H27NO7/c1-15(2)11-22(26)25-13-21(32-20-9-5-17(6-10-20)24(29)30)12-18(25)14-31-19-7-3-16(4-8-19)23(27)28/h3-10,15,18,21H,11-14H2,1-2H3,(H,27,28)(H,29,30)/t18-,21-/m0/s1. The summed E-state index contributed by atoms with van der Waals surface area (Å²) in [4.78, 5) is 36.6. The van der Waals surface area contributed by atoms with E-state index in [0.717, 1.165) is 0 Å². The molecule has 0 unspecified atom stereocenters. The van der Waals surface area contributed by atoms with Gasteiger partial charge in [0.2, 0.25) is 5.91 Å². The van der Waals surface area contributed by atoms with E-state index >= 15 is 0 Å². The second-order valence-corrected chi connectivity index (χ2v) is 8.24. The van der Waals surface area contributed by atoms with E-state index in [1.54, 1.807) is 29.2 Å². The van der Waals surface area contributed by atoms with Gasteiger partial charge in [-0.25, -0.2) is 9.59 Å². The summed E-state index contributed by atoms with van der Waals surface area (Å²) >= 11 is 0. The molecule has 8 nitrogen and oxygen atoms in total. The van der Waals surface area contributed by atoms with Gasteiger partial charge in [0.05, 0.1) is 23.7 Å². The van der Waals surface area contributed by atoms with E-state index in [2.05, 4.69) is 0 Å². The molecule has 170 valence electrons. The predicted molar refractivity (Wildman–Crippen MR) is 116 cm³/mol. The molecule has 0 saturated carbocycles. The van der Waals surface area contributed by atoms with Crippen LogP contribution in [0, 0.1) is 5.92 Å². The minimum absolute atomic E-state index is 0.0298. The van der Waals surface area contributed by atoms with E-state index in [1.165, 1.54) is 24.3 Å². The summed E-state index contributed by atoms with van der Waals surface area (Å²) in [5, 5.41) is 18.0. The molecule has 2 N–H and O–H groups in total. The fourth-order valence-electron chi connectivity index (χ4n) is 3.64. The first-order chi connectivity index (χ1) is 15.2. The van der Waals surface area contributed by atoms with Crippen molar-refractivity contribution in [3.05, 3.63) is 59.7 Å². The number of carboxylic acids is 2. The summed E-state index contributed by atoms with van der Waals surface area (Å²) in [6.07, 6.45) is 0.742. The number of nitrogens with zero attached hydrogens (tertiary/aromatic N) is 1. The SMILES string of the molecule is CC(C)CC(=O)N1C[C@@H](Oc2ccc(C(=O)O)cc2)C[C@H]1COc1ccc(C(=O)O)cc1. The Morgan fingerprint density at radius 3 is 1.97 bits per heavy atom. The van der Waals surface area contributed by atoms with Crippen molar-refractivity contribution < 1.29 is 34.1 Å². The van der Waals surface area contributed by atoms with E-state index in [1.807, 2.05) is 13.8 Å². The van der Waals surface area contributed by atoms with Gasteiger partial charge in [0.15, 0.2) is 0 Å². The molecule has 2 aromatic rings. The van der Waals surface area contributed by atoms with E-state index in [9.17, 15) is 14.4 Å². The lowest BCUT2D eigenvalue weighted by Crippen LogP contribution is -2.39. The summed E-state index contributed by atoms with van der Waals surface area (Å²) in [7, 11) is 0. The fraction of sp³-hybridized carbons (Fsp3) is 0.375. The normalized spacial score (nSPS) is 17.9. The maximum Gasteiger partial charge on any atom is 0.335 e. The highest BCUT2D eigenvalue weighted by Crippen LogP contribution is 2.26. The van der Waals surface area contributed by atoms with Crippen molar-refractivity contribution in [1.29, 1.82) is 0 Å². The highest BCUT2D eigenvalue weighted by Gasteiger charge is 2.37. The molecular weight excluding hydrogens is 414 g/mol. The quantitative estimate of drug-likeness (QED) is 0.612. The third-order valence-corrected chi connectivity index (χ3v) is 5.23. The van der Waals surface area contributed by atoms with E-state index < -0.39 is 11.9 Å². The number of benzene rings is 2. The van der Waals surface area contributed by atoms with Gasteiger partial charge in [-0.3, -0.25) is 4.79 Å². The molecule has 1 amide bonds.